The molecule has 6 heteroatoms. The van der Waals surface area contributed by atoms with Crippen molar-refractivity contribution in [3.63, 3.8) is 0 Å². The first kappa shape index (κ1) is 18.6. The van der Waals surface area contributed by atoms with Crippen LogP contribution in [0.1, 0.15) is 38.2 Å². The zero-order chi connectivity index (χ0) is 18.7. The Morgan fingerprint density at radius 3 is 2.81 bits per heavy atom. The number of carbonyl (C=O) groups is 1. The van der Waals surface area contributed by atoms with Gasteiger partial charge in [0.15, 0.2) is 11.0 Å². The fourth-order valence-corrected chi connectivity index (χ4v) is 3.47. The first-order valence-electron chi connectivity index (χ1n) is 8.75. The number of aromatic nitrogens is 1. The van der Waals surface area contributed by atoms with Gasteiger partial charge in [-0.05, 0) is 36.6 Å². The predicted molar refractivity (Wildman–Crippen MR) is 101 cm³/mol. The second kappa shape index (κ2) is 8.04. The van der Waals surface area contributed by atoms with Gasteiger partial charge < -0.3 is 14.4 Å². The van der Waals surface area contributed by atoms with Crippen molar-refractivity contribution in [2.75, 3.05) is 18.0 Å². The van der Waals surface area contributed by atoms with Gasteiger partial charge in [0, 0.05) is 25.6 Å². The lowest BCUT2D eigenvalue weighted by molar-refractivity contribution is -0.117. The van der Waals surface area contributed by atoms with Crippen molar-refractivity contribution in [1.82, 2.24) is 4.98 Å². The summed E-state index contributed by atoms with van der Waals surface area (Å²) in [5, 5.41) is -0.109. The molecule has 0 aliphatic carbocycles. The number of benzene rings is 1. The Balaban J connectivity index is 1.60. The summed E-state index contributed by atoms with van der Waals surface area (Å²) in [5.41, 5.74) is 1.58. The highest BCUT2D eigenvalue weighted by atomic mass is 35.5. The molecule has 0 spiro atoms. The van der Waals surface area contributed by atoms with E-state index in [0.717, 1.165) is 17.7 Å². The Bertz CT molecular complexity index is 782. The molecule has 0 saturated carbocycles. The molecule has 26 heavy (non-hydrogen) atoms. The number of Topliss-reactive ketones (excluding diaryl/α,β-unsaturated/α-hetero) is 1. The van der Waals surface area contributed by atoms with Gasteiger partial charge in [0.05, 0.1) is 12.2 Å². The van der Waals surface area contributed by atoms with Crippen LogP contribution in [0.15, 0.2) is 36.5 Å². The minimum atomic E-state index is -0.487. The van der Waals surface area contributed by atoms with Crippen LogP contribution in [0.3, 0.4) is 0 Å². The second-order valence-corrected chi connectivity index (χ2v) is 7.14. The van der Waals surface area contributed by atoms with Gasteiger partial charge in [-0.1, -0.05) is 30.7 Å². The highest BCUT2D eigenvalue weighted by Crippen LogP contribution is 2.29. The zero-order valence-electron chi connectivity index (χ0n) is 14.9. The molecule has 2 heterocycles. The lowest BCUT2D eigenvalue weighted by atomic mass is 9.96. The number of pyridine rings is 1. The Labute approximate surface area is 157 Å². The van der Waals surface area contributed by atoms with Gasteiger partial charge in [-0.3, -0.25) is 0 Å². The minimum absolute atomic E-state index is 0.0122. The molecule has 1 aromatic carbocycles. The Kier molecular flexibility index (Phi) is 5.77. The standard InChI is InChI=1S/C20H22ClFN2O2/c1-13(11-14(2)25)15-3-5-16(6-4-15)26-17-8-10-24(12-17)18-7-9-23-20(21)19(18)22/h3-7,9,13,17H,8,10-12H2,1-2H3/t13-,17-/m1/s1. The van der Waals surface area contributed by atoms with Gasteiger partial charge in [-0.15, -0.1) is 0 Å². The molecule has 1 aliphatic heterocycles. The fourth-order valence-electron chi connectivity index (χ4n) is 3.31. The van der Waals surface area contributed by atoms with Crippen molar-refractivity contribution in [3.05, 3.63) is 53.1 Å². The first-order chi connectivity index (χ1) is 12.4. The van der Waals surface area contributed by atoms with E-state index in [-0.39, 0.29) is 23.0 Å². The number of halogens is 2. The van der Waals surface area contributed by atoms with Gasteiger partial charge in [-0.2, -0.15) is 0 Å². The zero-order valence-corrected chi connectivity index (χ0v) is 15.7. The van der Waals surface area contributed by atoms with E-state index in [1.165, 1.54) is 6.20 Å². The van der Waals surface area contributed by atoms with Crippen molar-refractivity contribution < 1.29 is 13.9 Å². The summed E-state index contributed by atoms with van der Waals surface area (Å²) in [6.07, 6.45) is 2.84. The third-order valence-electron chi connectivity index (χ3n) is 4.66. The molecule has 2 aromatic rings. The van der Waals surface area contributed by atoms with Gasteiger partial charge in [0.1, 0.15) is 17.6 Å². The predicted octanol–water partition coefficient (Wildman–Crippen LogP) is 4.61. The van der Waals surface area contributed by atoms with E-state index in [1.807, 2.05) is 36.1 Å². The Morgan fingerprint density at radius 1 is 1.38 bits per heavy atom. The SMILES string of the molecule is CC(=O)C[C@@H](C)c1ccc(O[C@@H]2CCN(c3ccnc(Cl)c3F)C2)cc1. The maximum absolute atomic E-state index is 14.1. The van der Waals surface area contributed by atoms with E-state index in [2.05, 4.69) is 4.98 Å². The van der Waals surface area contributed by atoms with E-state index in [9.17, 15) is 9.18 Å². The number of anilines is 1. The van der Waals surface area contributed by atoms with E-state index in [4.69, 9.17) is 16.3 Å². The quantitative estimate of drug-likeness (QED) is 0.690. The van der Waals surface area contributed by atoms with Gasteiger partial charge in [0.2, 0.25) is 0 Å². The van der Waals surface area contributed by atoms with Crippen LogP contribution in [0.4, 0.5) is 10.1 Å². The third kappa shape index (κ3) is 4.33. The smallest absolute Gasteiger partial charge is 0.183 e. The summed E-state index contributed by atoms with van der Waals surface area (Å²) >= 11 is 5.77. The van der Waals surface area contributed by atoms with Crippen LogP contribution in [0.5, 0.6) is 5.75 Å². The average molecular weight is 377 g/mol. The number of rotatable bonds is 6. The van der Waals surface area contributed by atoms with Crippen LogP contribution < -0.4 is 9.64 Å². The maximum Gasteiger partial charge on any atom is 0.183 e. The summed E-state index contributed by atoms with van der Waals surface area (Å²) in [6.45, 7) is 4.95. The average Bonchev–Trinajstić information content (AvgIpc) is 3.05. The minimum Gasteiger partial charge on any atom is -0.489 e. The fraction of sp³-hybridized carbons (Fsp3) is 0.400. The van der Waals surface area contributed by atoms with Crippen LogP contribution in [0.2, 0.25) is 5.15 Å². The number of hydrogen-bond acceptors (Lipinski definition) is 4. The molecule has 0 radical (unpaired) electrons. The van der Waals surface area contributed by atoms with Crippen molar-refractivity contribution in [1.29, 1.82) is 0 Å². The molecule has 1 aromatic heterocycles. The number of hydrogen-bond donors (Lipinski definition) is 0. The summed E-state index contributed by atoms with van der Waals surface area (Å²) < 4.78 is 20.2. The molecule has 138 valence electrons. The van der Waals surface area contributed by atoms with Crippen molar-refractivity contribution in [3.8, 4) is 5.75 Å². The molecular formula is C20H22ClFN2O2. The van der Waals surface area contributed by atoms with Crippen molar-refractivity contribution >= 4 is 23.1 Å². The van der Waals surface area contributed by atoms with Gasteiger partial charge in [-0.25, -0.2) is 9.37 Å². The molecule has 0 unspecified atom stereocenters. The molecule has 0 amide bonds. The van der Waals surface area contributed by atoms with E-state index in [1.54, 1.807) is 13.0 Å². The molecule has 2 atom stereocenters. The summed E-state index contributed by atoms with van der Waals surface area (Å²) in [6, 6.07) is 9.49. The highest BCUT2D eigenvalue weighted by Gasteiger charge is 2.26. The number of nitrogens with zero attached hydrogens (tertiary/aromatic N) is 2. The molecule has 1 saturated heterocycles. The Hall–Kier alpha value is -2.14. The summed E-state index contributed by atoms with van der Waals surface area (Å²) in [5.74, 6) is 0.678. The largest absolute Gasteiger partial charge is 0.489 e. The third-order valence-corrected chi connectivity index (χ3v) is 4.92. The van der Waals surface area contributed by atoms with Gasteiger partial charge in [0.25, 0.3) is 0 Å². The van der Waals surface area contributed by atoms with Crippen LogP contribution >= 0.6 is 11.6 Å². The number of carbonyl (C=O) groups excluding carboxylic acids is 1. The van der Waals surface area contributed by atoms with Gasteiger partial charge >= 0.3 is 0 Å². The summed E-state index contributed by atoms with van der Waals surface area (Å²) in [7, 11) is 0. The molecule has 0 bridgehead atoms. The van der Waals surface area contributed by atoms with Crippen LogP contribution in [0, 0.1) is 5.82 Å². The number of ketones is 1. The monoisotopic (exact) mass is 376 g/mol. The molecule has 4 nitrogen and oxygen atoms in total. The molecular weight excluding hydrogens is 355 g/mol. The normalized spacial score (nSPS) is 18.0. The molecule has 3 rings (SSSR count). The number of ether oxygens (including phenoxy) is 1. The lowest BCUT2D eigenvalue weighted by Crippen LogP contribution is -2.25. The van der Waals surface area contributed by atoms with E-state index in [0.29, 0.717) is 25.2 Å². The van der Waals surface area contributed by atoms with E-state index >= 15 is 0 Å². The van der Waals surface area contributed by atoms with Crippen LogP contribution in [-0.2, 0) is 4.79 Å². The second-order valence-electron chi connectivity index (χ2n) is 6.79. The lowest BCUT2D eigenvalue weighted by Gasteiger charge is -2.20. The summed E-state index contributed by atoms with van der Waals surface area (Å²) in [4.78, 5) is 16.9. The molecule has 1 aliphatic rings. The van der Waals surface area contributed by atoms with E-state index < -0.39 is 5.82 Å². The Morgan fingerprint density at radius 2 is 2.12 bits per heavy atom. The highest BCUT2D eigenvalue weighted by molar-refractivity contribution is 6.29. The topological polar surface area (TPSA) is 42.4 Å². The van der Waals surface area contributed by atoms with Crippen LogP contribution in [-0.4, -0.2) is 30.0 Å². The maximum atomic E-state index is 14.1. The van der Waals surface area contributed by atoms with Crippen molar-refractivity contribution in [2.45, 2.75) is 38.7 Å². The molecule has 0 N–H and O–H groups in total. The van der Waals surface area contributed by atoms with Crippen LogP contribution in [0.25, 0.3) is 0 Å². The first-order valence-corrected chi connectivity index (χ1v) is 9.13. The molecule has 1 fully saturated rings. The van der Waals surface area contributed by atoms with Crippen molar-refractivity contribution in [2.24, 2.45) is 0 Å².